The van der Waals surface area contributed by atoms with Crippen LogP contribution in [-0.2, 0) is 12.8 Å². The number of benzene rings is 1. The summed E-state index contributed by atoms with van der Waals surface area (Å²) in [6.07, 6.45) is 3.21. The molecule has 4 nitrogen and oxygen atoms in total. The van der Waals surface area contributed by atoms with Crippen LogP contribution < -0.4 is 10.9 Å². The molecule has 142 valence electrons. The van der Waals surface area contributed by atoms with Gasteiger partial charge in [-0.2, -0.15) is 0 Å². The molecule has 1 aliphatic carbocycles. The van der Waals surface area contributed by atoms with Crippen LogP contribution in [0.1, 0.15) is 61.1 Å². The Balaban J connectivity index is 1.64. The van der Waals surface area contributed by atoms with Gasteiger partial charge in [-0.1, -0.05) is 36.7 Å². The number of halogens is 1. The van der Waals surface area contributed by atoms with Crippen LogP contribution in [-0.4, -0.2) is 9.97 Å². The Labute approximate surface area is 168 Å². The number of fused-ring (bicyclic) bond motifs is 3. The summed E-state index contributed by atoms with van der Waals surface area (Å²) in [5.74, 6) is 1.42. The van der Waals surface area contributed by atoms with Crippen LogP contribution >= 0.6 is 22.9 Å². The van der Waals surface area contributed by atoms with Gasteiger partial charge in [0.1, 0.15) is 16.9 Å². The fourth-order valence-corrected chi connectivity index (χ4v) is 5.75. The van der Waals surface area contributed by atoms with Crippen molar-refractivity contribution in [3.8, 4) is 0 Å². The molecule has 1 aliphatic rings. The molecule has 3 aromatic rings. The van der Waals surface area contributed by atoms with Crippen LogP contribution in [0.2, 0.25) is 5.02 Å². The number of aromatic nitrogens is 2. The van der Waals surface area contributed by atoms with Gasteiger partial charge in [-0.3, -0.25) is 4.79 Å². The first-order valence-corrected chi connectivity index (χ1v) is 10.8. The lowest BCUT2D eigenvalue weighted by molar-refractivity contribution is -0.729. The molecule has 3 atom stereocenters. The number of aromatic amines is 1. The van der Waals surface area contributed by atoms with Gasteiger partial charge in [0.05, 0.1) is 5.39 Å². The quantitative estimate of drug-likeness (QED) is 0.688. The van der Waals surface area contributed by atoms with Crippen LogP contribution in [0.3, 0.4) is 0 Å². The normalized spacial score (nSPS) is 19.0. The fraction of sp³-hybridized carbons (Fsp3) is 0.429. The predicted octanol–water partition coefficient (Wildman–Crippen LogP) is 4.15. The van der Waals surface area contributed by atoms with E-state index in [-0.39, 0.29) is 17.6 Å². The second-order valence-electron chi connectivity index (χ2n) is 7.77. The lowest BCUT2D eigenvalue weighted by Gasteiger charge is -2.18. The fourth-order valence-electron chi connectivity index (χ4n) is 4.05. The maximum Gasteiger partial charge on any atom is 0.260 e. The van der Waals surface area contributed by atoms with Gasteiger partial charge < -0.3 is 10.3 Å². The van der Waals surface area contributed by atoms with E-state index >= 15 is 0 Å². The molecule has 1 aromatic carbocycles. The van der Waals surface area contributed by atoms with Crippen molar-refractivity contribution in [3.05, 3.63) is 61.5 Å². The zero-order valence-corrected chi connectivity index (χ0v) is 17.5. The number of hydrogen-bond donors (Lipinski definition) is 2. The monoisotopic (exact) mass is 402 g/mol. The van der Waals surface area contributed by atoms with Gasteiger partial charge in [-0.15, -0.1) is 11.3 Å². The first-order valence-electron chi connectivity index (χ1n) is 9.58. The highest BCUT2D eigenvalue weighted by molar-refractivity contribution is 7.18. The van der Waals surface area contributed by atoms with Gasteiger partial charge in [0, 0.05) is 15.5 Å². The Kier molecular flexibility index (Phi) is 5.10. The molecule has 0 bridgehead atoms. The van der Waals surface area contributed by atoms with Gasteiger partial charge in [-0.05, 0) is 50.7 Å². The lowest BCUT2D eigenvalue weighted by atomic mass is 9.89. The Morgan fingerprint density at radius 1 is 1.30 bits per heavy atom. The molecule has 0 amide bonds. The van der Waals surface area contributed by atoms with E-state index in [0.29, 0.717) is 5.92 Å². The summed E-state index contributed by atoms with van der Waals surface area (Å²) in [5.41, 5.74) is 2.33. The molecule has 3 N–H and O–H groups in total. The van der Waals surface area contributed by atoms with E-state index in [4.69, 9.17) is 16.6 Å². The molecular weight excluding hydrogens is 378 g/mol. The highest BCUT2D eigenvalue weighted by atomic mass is 35.5. The highest BCUT2D eigenvalue weighted by Crippen LogP contribution is 2.35. The Morgan fingerprint density at radius 3 is 2.85 bits per heavy atom. The molecule has 0 radical (unpaired) electrons. The minimum atomic E-state index is 0.00713. The molecular formula is C21H25ClN3OS+. The number of nitrogens with two attached hydrogens (primary N) is 1. The van der Waals surface area contributed by atoms with Crippen LogP contribution in [0.5, 0.6) is 0 Å². The van der Waals surface area contributed by atoms with E-state index in [9.17, 15) is 4.79 Å². The topological polar surface area (TPSA) is 62.4 Å². The second-order valence-corrected chi connectivity index (χ2v) is 9.27. The number of nitrogens with zero attached hydrogens (tertiary/aromatic N) is 1. The summed E-state index contributed by atoms with van der Waals surface area (Å²) < 4.78 is 0. The zero-order chi connectivity index (χ0) is 19.1. The first kappa shape index (κ1) is 18.7. The van der Waals surface area contributed by atoms with Crippen molar-refractivity contribution in [2.24, 2.45) is 5.92 Å². The average molecular weight is 403 g/mol. The standard InChI is InChI=1S/C21H24ClN3OS/c1-11-8-9-15-17(10-11)27-21-18(15)20(26)24-19(25-21)13(3)23-12(2)14-6-4-5-7-16(14)22/h4-7,11-13,23H,8-10H2,1-3H3,(H,24,25,26)/p+1/t11-,12+,13+/m1/s1. The molecule has 0 aliphatic heterocycles. The minimum absolute atomic E-state index is 0.00713. The first-order chi connectivity index (χ1) is 12.9. The van der Waals surface area contributed by atoms with Gasteiger partial charge >= 0.3 is 0 Å². The summed E-state index contributed by atoms with van der Waals surface area (Å²) in [6.45, 7) is 6.48. The van der Waals surface area contributed by atoms with E-state index < -0.39 is 0 Å². The van der Waals surface area contributed by atoms with E-state index in [2.05, 4.69) is 31.1 Å². The number of aryl methyl sites for hydroxylation is 1. The number of H-pyrrole nitrogens is 1. The minimum Gasteiger partial charge on any atom is -0.332 e. The maximum absolute atomic E-state index is 12.8. The van der Waals surface area contributed by atoms with Gasteiger partial charge in [0.25, 0.3) is 5.56 Å². The molecule has 0 fully saturated rings. The average Bonchev–Trinajstić information content (AvgIpc) is 2.99. The van der Waals surface area contributed by atoms with Gasteiger partial charge in [-0.25, -0.2) is 4.98 Å². The van der Waals surface area contributed by atoms with Crippen molar-refractivity contribution in [2.45, 2.75) is 52.1 Å². The summed E-state index contributed by atoms with van der Waals surface area (Å²) in [7, 11) is 0. The molecule has 0 spiro atoms. The van der Waals surface area contributed by atoms with Gasteiger partial charge in [0.15, 0.2) is 5.82 Å². The van der Waals surface area contributed by atoms with Crippen molar-refractivity contribution < 1.29 is 5.32 Å². The van der Waals surface area contributed by atoms with Crippen molar-refractivity contribution in [3.63, 3.8) is 0 Å². The Hall–Kier alpha value is -1.69. The van der Waals surface area contributed by atoms with E-state index in [1.54, 1.807) is 11.3 Å². The van der Waals surface area contributed by atoms with E-state index in [1.165, 1.54) is 10.4 Å². The summed E-state index contributed by atoms with van der Waals surface area (Å²) in [6, 6.07) is 8.10. The van der Waals surface area contributed by atoms with Crippen LogP contribution in [0.15, 0.2) is 29.1 Å². The number of thiophene rings is 1. The molecule has 2 aromatic heterocycles. The van der Waals surface area contributed by atoms with Crippen molar-refractivity contribution in [1.29, 1.82) is 0 Å². The highest BCUT2D eigenvalue weighted by Gasteiger charge is 2.25. The third-order valence-corrected chi connectivity index (χ3v) is 7.08. The third-order valence-electron chi connectivity index (χ3n) is 5.59. The molecule has 6 heteroatoms. The van der Waals surface area contributed by atoms with Crippen molar-refractivity contribution >= 4 is 33.2 Å². The lowest BCUT2D eigenvalue weighted by Crippen LogP contribution is -2.85. The molecule has 4 rings (SSSR count). The Bertz CT molecular complexity index is 1040. The summed E-state index contributed by atoms with van der Waals surface area (Å²) >= 11 is 8.03. The smallest absolute Gasteiger partial charge is 0.260 e. The van der Waals surface area contributed by atoms with Crippen molar-refractivity contribution in [2.75, 3.05) is 0 Å². The van der Waals surface area contributed by atoms with E-state index in [0.717, 1.165) is 45.9 Å². The second kappa shape index (κ2) is 7.38. The van der Waals surface area contributed by atoms with Crippen molar-refractivity contribution in [1.82, 2.24) is 9.97 Å². The number of nitrogens with one attached hydrogen (secondary N) is 1. The predicted molar refractivity (Wildman–Crippen MR) is 112 cm³/mol. The molecule has 0 saturated carbocycles. The largest absolute Gasteiger partial charge is 0.332 e. The molecule has 0 saturated heterocycles. The van der Waals surface area contributed by atoms with Crippen LogP contribution in [0.25, 0.3) is 10.2 Å². The van der Waals surface area contributed by atoms with Gasteiger partial charge in [0.2, 0.25) is 0 Å². The van der Waals surface area contributed by atoms with Crippen LogP contribution in [0, 0.1) is 5.92 Å². The number of quaternary nitrogens is 1. The molecule has 2 heterocycles. The van der Waals surface area contributed by atoms with E-state index in [1.807, 2.05) is 24.3 Å². The third kappa shape index (κ3) is 3.56. The zero-order valence-electron chi connectivity index (χ0n) is 15.9. The number of hydrogen-bond acceptors (Lipinski definition) is 3. The number of rotatable bonds is 4. The molecule has 0 unspecified atom stereocenters. The maximum atomic E-state index is 12.8. The van der Waals surface area contributed by atoms with Crippen LogP contribution in [0.4, 0.5) is 0 Å². The SMILES string of the molecule is C[C@@H]1CCc2c(sc3nc([C@H](C)[NH2+][C@@H](C)c4ccccc4Cl)[nH]c(=O)c23)C1. The Morgan fingerprint density at radius 2 is 2.07 bits per heavy atom. The summed E-state index contributed by atoms with van der Waals surface area (Å²) in [4.78, 5) is 22.9. The summed E-state index contributed by atoms with van der Waals surface area (Å²) in [5, 5.41) is 3.78. The molecule has 27 heavy (non-hydrogen) atoms.